The van der Waals surface area contributed by atoms with Gasteiger partial charge in [-0.15, -0.1) is 0 Å². The van der Waals surface area contributed by atoms with Crippen LogP contribution in [0.1, 0.15) is 15.9 Å². The number of para-hydroxylation sites is 1. The number of aromatic hydroxyl groups is 2. The lowest BCUT2D eigenvalue weighted by Gasteiger charge is -2.18. The first-order valence-electron chi connectivity index (χ1n) is 5.83. The van der Waals surface area contributed by atoms with E-state index in [1.54, 1.807) is 31.3 Å². The largest absolute Gasteiger partial charge is 0.504 e. The second kappa shape index (κ2) is 5.33. The molecule has 0 bridgehead atoms. The van der Waals surface area contributed by atoms with Crippen molar-refractivity contribution >= 4 is 11.6 Å². The van der Waals surface area contributed by atoms with Crippen LogP contribution in [-0.4, -0.2) is 23.2 Å². The molecule has 0 radical (unpaired) electrons. The van der Waals surface area contributed by atoms with Crippen LogP contribution >= 0.6 is 0 Å². The molecule has 2 aromatic rings. The van der Waals surface area contributed by atoms with Gasteiger partial charge in [0, 0.05) is 12.7 Å². The summed E-state index contributed by atoms with van der Waals surface area (Å²) < 4.78 is 0. The topological polar surface area (TPSA) is 84.6 Å². The molecule has 1 amide bonds. The van der Waals surface area contributed by atoms with Crippen molar-refractivity contribution in [3.05, 3.63) is 53.6 Å². The van der Waals surface area contributed by atoms with Gasteiger partial charge in [0.05, 0.1) is 17.2 Å². The molecule has 5 heteroatoms. The summed E-state index contributed by atoms with van der Waals surface area (Å²) in [5.41, 5.74) is 1.09. The Kier molecular flexibility index (Phi) is 3.58. The first-order valence-corrected chi connectivity index (χ1v) is 5.83. The lowest BCUT2D eigenvalue weighted by molar-refractivity contribution is 0.0990. The summed E-state index contributed by atoms with van der Waals surface area (Å²) in [6, 6.07) is 12.7. The average molecular weight is 268 g/mol. The van der Waals surface area contributed by atoms with Gasteiger partial charge in [-0.25, -0.2) is 0 Å². The Hall–Kier alpha value is -3.00. The lowest BCUT2D eigenvalue weighted by Crippen LogP contribution is -2.26. The van der Waals surface area contributed by atoms with E-state index in [0.717, 1.165) is 0 Å². The highest BCUT2D eigenvalue weighted by atomic mass is 16.3. The van der Waals surface area contributed by atoms with E-state index in [2.05, 4.69) is 0 Å². The van der Waals surface area contributed by atoms with E-state index in [1.807, 2.05) is 6.07 Å². The minimum absolute atomic E-state index is 0.0110. The number of phenolic OH excluding ortho intramolecular Hbond substituents is 2. The number of amides is 1. The predicted octanol–water partition coefficient (Wildman–Crippen LogP) is 2.25. The zero-order chi connectivity index (χ0) is 14.7. The second-order valence-corrected chi connectivity index (χ2v) is 4.20. The predicted molar refractivity (Wildman–Crippen MR) is 73.7 cm³/mol. The molecule has 0 spiro atoms. The average Bonchev–Trinajstić information content (AvgIpc) is 2.48. The Morgan fingerprint density at radius 2 is 1.80 bits per heavy atom. The smallest absolute Gasteiger partial charge is 0.261 e. The Balaban J connectivity index is 2.32. The van der Waals surface area contributed by atoms with E-state index in [0.29, 0.717) is 11.3 Å². The molecule has 0 aliphatic carbocycles. The van der Waals surface area contributed by atoms with Crippen molar-refractivity contribution < 1.29 is 15.0 Å². The van der Waals surface area contributed by atoms with Gasteiger partial charge in [0.25, 0.3) is 5.91 Å². The number of hydrogen-bond acceptors (Lipinski definition) is 4. The molecule has 5 nitrogen and oxygen atoms in total. The molecule has 100 valence electrons. The van der Waals surface area contributed by atoms with Crippen LogP contribution in [-0.2, 0) is 0 Å². The maximum atomic E-state index is 12.3. The van der Waals surface area contributed by atoms with Gasteiger partial charge in [-0.3, -0.25) is 4.79 Å². The highest BCUT2D eigenvalue weighted by Gasteiger charge is 2.18. The number of hydrogen-bond donors (Lipinski definition) is 2. The van der Waals surface area contributed by atoms with Gasteiger partial charge < -0.3 is 15.1 Å². The fourth-order valence-electron chi connectivity index (χ4n) is 1.76. The van der Waals surface area contributed by atoms with Crippen molar-refractivity contribution in [2.45, 2.75) is 0 Å². The summed E-state index contributed by atoms with van der Waals surface area (Å²) in [5, 5.41) is 27.8. The molecular weight excluding hydrogens is 256 g/mol. The molecule has 0 heterocycles. The highest BCUT2D eigenvalue weighted by Crippen LogP contribution is 2.29. The van der Waals surface area contributed by atoms with Crippen LogP contribution in [0.4, 0.5) is 5.69 Å². The molecule has 20 heavy (non-hydrogen) atoms. The molecule has 0 saturated heterocycles. The molecule has 0 aliphatic rings. The molecule has 0 aromatic heterocycles. The van der Waals surface area contributed by atoms with Crippen LogP contribution < -0.4 is 4.90 Å². The Morgan fingerprint density at radius 3 is 2.40 bits per heavy atom. The maximum Gasteiger partial charge on any atom is 0.261 e. The fourth-order valence-corrected chi connectivity index (χ4v) is 1.76. The van der Waals surface area contributed by atoms with Crippen LogP contribution in [0.3, 0.4) is 0 Å². The summed E-state index contributed by atoms with van der Waals surface area (Å²) in [5.74, 6) is -1.25. The quantitative estimate of drug-likeness (QED) is 0.818. The number of rotatable bonds is 2. The maximum absolute atomic E-state index is 12.3. The molecule has 2 rings (SSSR count). The highest BCUT2D eigenvalue weighted by molar-refractivity contribution is 6.07. The molecule has 0 fully saturated rings. The second-order valence-electron chi connectivity index (χ2n) is 4.20. The number of carbonyl (C=O) groups excluding carboxylic acids is 1. The molecule has 0 saturated carbocycles. The number of anilines is 1. The van der Waals surface area contributed by atoms with Crippen LogP contribution in [0.2, 0.25) is 0 Å². The van der Waals surface area contributed by atoms with E-state index in [4.69, 9.17) is 5.26 Å². The van der Waals surface area contributed by atoms with Crippen molar-refractivity contribution in [1.82, 2.24) is 0 Å². The van der Waals surface area contributed by atoms with Gasteiger partial charge in [-0.1, -0.05) is 6.07 Å². The molecule has 0 aliphatic heterocycles. The van der Waals surface area contributed by atoms with Crippen LogP contribution in [0.5, 0.6) is 11.5 Å². The molecular formula is C15H12N2O3. The monoisotopic (exact) mass is 268 g/mol. The molecule has 2 N–H and O–H groups in total. The SMILES string of the molecule is CN(C(=O)c1cccc(O)c1O)c1ccc(C#N)cc1. The van der Waals surface area contributed by atoms with Gasteiger partial charge in [0.15, 0.2) is 11.5 Å². The van der Waals surface area contributed by atoms with E-state index in [9.17, 15) is 15.0 Å². The number of nitriles is 1. The third kappa shape index (κ3) is 2.40. The zero-order valence-corrected chi connectivity index (χ0v) is 10.7. The van der Waals surface area contributed by atoms with Gasteiger partial charge >= 0.3 is 0 Å². The Bertz CT molecular complexity index is 687. The first-order chi connectivity index (χ1) is 9.54. The third-order valence-electron chi connectivity index (χ3n) is 2.93. The summed E-state index contributed by atoms with van der Waals surface area (Å²) in [6.45, 7) is 0. The van der Waals surface area contributed by atoms with Crippen LogP contribution in [0.15, 0.2) is 42.5 Å². The van der Waals surface area contributed by atoms with Crippen molar-refractivity contribution in [2.75, 3.05) is 11.9 Å². The van der Waals surface area contributed by atoms with E-state index in [1.165, 1.54) is 23.1 Å². The minimum atomic E-state index is -0.455. The summed E-state index contributed by atoms with van der Waals surface area (Å²) in [4.78, 5) is 13.6. The zero-order valence-electron chi connectivity index (χ0n) is 10.7. The van der Waals surface area contributed by atoms with E-state index in [-0.39, 0.29) is 11.3 Å². The summed E-state index contributed by atoms with van der Waals surface area (Å²) in [6.07, 6.45) is 0. The van der Waals surface area contributed by atoms with Gasteiger partial charge in [0.1, 0.15) is 0 Å². The normalized spacial score (nSPS) is 9.80. The van der Waals surface area contributed by atoms with E-state index >= 15 is 0 Å². The van der Waals surface area contributed by atoms with Crippen LogP contribution in [0.25, 0.3) is 0 Å². The molecule has 0 unspecified atom stereocenters. The van der Waals surface area contributed by atoms with Crippen LogP contribution in [0, 0.1) is 11.3 Å². The van der Waals surface area contributed by atoms with Gasteiger partial charge in [0.2, 0.25) is 0 Å². The Morgan fingerprint density at radius 1 is 1.15 bits per heavy atom. The minimum Gasteiger partial charge on any atom is -0.504 e. The third-order valence-corrected chi connectivity index (χ3v) is 2.93. The van der Waals surface area contributed by atoms with Gasteiger partial charge in [-0.2, -0.15) is 5.26 Å². The number of phenols is 2. The summed E-state index contributed by atoms with van der Waals surface area (Å²) >= 11 is 0. The van der Waals surface area contributed by atoms with Crippen molar-refractivity contribution in [3.8, 4) is 17.6 Å². The standard InChI is InChI=1S/C15H12N2O3/c1-17(11-7-5-10(9-16)6-8-11)15(20)12-3-2-4-13(18)14(12)19/h2-8,18-19H,1H3. The van der Waals surface area contributed by atoms with Crippen molar-refractivity contribution in [1.29, 1.82) is 5.26 Å². The molecule has 2 aromatic carbocycles. The number of benzene rings is 2. The first kappa shape index (κ1) is 13.4. The van der Waals surface area contributed by atoms with Gasteiger partial charge in [-0.05, 0) is 36.4 Å². The Labute approximate surface area is 115 Å². The lowest BCUT2D eigenvalue weighted by atomic mass is 10.1. The van der Waals surface area contributed by atoms with Crippen molar-refractivity contribution in [2.24, 2.45) is 0 Å². The summed E-state index contributed by atoms with van der Waals surface area (Å²) in [7, 11) is 1.55. The molecule has 0 atom stereocenters. The number of carbonyl (C=O) groups is 1. The fraction of sp³-hybridized carbons (Fsp3) is 0.0667. The van der Waals surface area contributed by atoms with Crippen molar-refractivity contribution in [3.63, 3.8) is 0 Å². The number of nitrogens with zero attached hydrogens (tertiary/aromatic N) is 2. The van der Waals surface area contributed by atoms with E-state index < -0.39 is 11.7 Å².